The van der Waals surface area contributed by atoms with Crippen LogP contribution in [0.25, 0.3) is 0 Å². The van der Waals surface area contributed by atoms with Crippen molar-refractivity contribution in [2.75, 3.05) is 26.4 Å². The molecule has 3 aliphatic rings. The Kier molecular flexibility index (Phi) is 12.0. The number of hydrogen-bond donors (Lipinski definition) is 10. The molecule has 0 spiro atoms. The van der Waals surface area contributed by atoms with Gasteiger partial charge in [0.1, 0.15) is 73.2 Å². The van der Waals surface area contributed by atoms with Crippen molar-refractivity contribution in [1.82, 2.24) is 0 Å². The van der Waals surface area contributed by atoms with E-state index in [4.69, 9.17) is 28.4 Å². The highest BCUT2D eigenvalue weighted by atomic mass is 16.7. The van der Waals surface area contributed by atoms with Crippen molar-refractivity contribution in [3.05, 3.63) is 0 Å². The summed E-state index contributed by atoms with van der Waals surface area (Å²) in [5, 5.41) is 101. The van der Waals surface area contributed by atoms with Crippen LogP contribution in [-0.4, -0.2) is 170 Å². The van der Waals surface area contributed by atoms with Gasteiger partial charge < -0.3 is 79.5 Å². The Morgan fingerprint density at radius 3 is 1.26 bits per heavy atom. The van der Waals surface area contributed by atoms with Gasteiger partial charge in [-0.3, -0.25) is 0 Å². The molecule has 0 aromatic carbocycles. The molecular weight excluding hydrogens is 520 g/mol. The fraction of sp³-hybridized carbons (Fsp3) is 1.00. The average Bonchev–Trinajstić information content (AvgIpc) is 2.91. The van der Waals surface area contributed by atoms with Gasteiger partial charge in [-0.2, -0.15) is 0 Å². The molecule has 0 radical (unpaired) electrons. The van der Waals surface area contributed by atoms with Crippen LogP contribution in [0.3, 0.4) is 0 Å². The minimum absolute atomic E-state index is 0.235. The van der Waals surface area contributed by atoms with E-state index in [9.17, 15) is 51.1 Å². The Morgan fingerprint density at radius 1 is 0.500 bits per heavy atom. The van der Waals surface area contributed by atoms with Crippen LogP contribution in [0.15, 0.2) is 0 Å². The third-order valence-electron chi connectivity index (χ3n) is 6.81. The lowest BCUT2D eigenvalue weighted by Gasteiger charge is -2.43. The van der Waals surface area contributed by atoms with Gasteiger partial charge in [-0.1, -0.05) is 13.3 Å². The smallest absolute Gasteiger partial charge is 0.186 e. The maximum Gasteiger partial charge on any atom is 0.186 e. The molecule has 0 saturated carbocycles. The van der Waals surface area contributed by atoms with Crippen molar-refractivity contribution >= 4 is 0 Å². The highest BCUT2D eigenvalue weighted by Crippen LogP contribution is 2.28. The third kappa shape index (κ3) is 7.16. The van der Waals surface area contributed by atoms with Crippen molar-refractivity contribution in [3.8, 4) is 0 Å². The van der Waals surface area contributed by atoms with Crippen molar-refractivity contribution < 1.29 is 79.5 Å². The van der Waals surface area contributed by atoms with Crippen LogP contribution in [0.4, 0.5) is 0 Å². The van der Waals surface area contributed by atoms with E-state index in [2.05, 4.69) is 0 Å². The monoisotopic (exact) mass is 560 g/mol. The van der Waals surface area contributed by atoms with Crippen molar-refractivity contribution in [2.45, 2.75) is 112 Å². The standard InChI is InChI=1S/C22H40O16/c1-2-3-4-33-20-17(30)15(28)12(25)9(37-20)6-35-22-19(32)16(29)13(26)10(38-22)7-34-21-18(31)14(27)11(24)8(5-23)36-21/h8-32H,2-7H2,1H3/t8-,9-,10-,11-,12-,13-,14+,15+,16+,17-,18-,19-,20+,21+,22+/m1/s1. The Morgan fingerprint density at radius 2 is 0.868 bits per heavy atom. The van der Waals surface area contributed by atoms with E-state index < -0.39 is 112 Å². The molecule has 0 bridgehead atoms. The molecule has 224 valence electrons. The molecule has 0 unspecified atom stereocenters. The number of hydrogen-bond acceptors (Lipinski definition) is 16. The van der Waals surface area contributed by atoms with Crippen molar-refractivity contribution in [1.29, 1.82) is 0 Å². The predicted molar refractivity (Wildman–Crippen MR) is 120 cm³/mol. The molecule has 3 heterocycles. The van der Waals surface area contributed by atoms with E-state index >= 15 is 0 Å². The topological polar surface area (TPSA) is 258 Å². The average molecular weight is 561 g/mol. The fourth-order valence-electron chi connectivity index (χ4n) is 4.31. The fourth-order valence-corrected chi connectivity index (χ4v) is 4.31. The van der Waals surface area contributed by atoms with Crippen LogP contribution in [0.2, 0.25) is 0 Å². The lowest BCUT2D eigenvalue weighted by molar-refractivity contribution is -0.342. The first kappa shape index (κ1) is 31.9. The maximum atomic E-state index is 10.3. The predicted octanol–water partition coefficient (Wildman–Crippen LogP) is -5.75. The third-order valence-corrected chi connectivity index (χ3v) is 6.81. The number of rotatable bonds is 11. The zero-order valence-electron chi connectivity index (χ0n) is 20.8. The van der Waals surface area contributed by atoms with Gasteiger partial charge in [-0.05, 0) is 6.42 Å². The summed E-state index contributed by atoms with van der Waals surface area (Å²) in [5.41, 5.74) is 0. The largest absolute Gasteiger partial charge is 0.394 e. The van der Waals surface area contributed by atoms with Gasteiger partial charge in [0.15, 0.2) is 18.9 Å². The molecule has 0 aromatic rings. The first-order chi connectivity index (χ1) is 18.0. The molecule has 0 aliphatic carbocycles. The highest BCUT2D eigenvalue weighted by molar-refractivity contribution is 4.93. The summed E-state index contributed by atoms with van der Waals surface area (Å²) in [4.78, 5) is 0. The molecule has 15 atom stereocenters. The van der Waals surface area contributed by atoms with Crippen LogP contribution in [0.1, 0.15) is 19.8 Å². The number of ether oxygens (including phenoxy) is 6. The Hall–Kier alpha value is -0.640. The summed E-state index contributed by atoms with van der Waals surface area (Å²) in [6.45, 7) is 0.455. The van der Waals surface area contributed by atoms with Crippen molar-refractivity contribution in [3.63, 3.8) is 0 Å². The van der Waals surface area contributed by atoms with Crippen LogP contribution in [-0.2, 0) is 28.4 Å². The Balaban J connectivity index is 1.58. The summed E-state index contributed by atoms with van der Waals surface area (Å²) in [6.07, 6.45) is -21.6. The molecule has 16 heteroatoms. The van der Waals surface area contributed by atoms with E-state index in [1.807, 2.05) is 6.92 Å². The molecule has 0 aromatic heterocycles. The lowest BCUT2D eigenvalue weighted by atomic mass is 9.98. The van der Waals surface area contributed by atoms with Gasteiger partial charge in [-0.25, -0.2) is 0 Å². The van der Waals surface area contributed by atoms with Gasteiger partial charge in [-0.15, -0.1) is 0 Å². The van der Waals surface area contributed by atoms with E-state index in [1.54, 1.807) is 0 Å². The Bertz CT molecular complexity index is 700. The van der Waals surface area contributed by atoms with Crippen LogP contribution >= 0.6 is 0 Å². The molecule has 0 amide bonds. The molecule has 10 N–H and O–H groups in total. The minimum atomic E-state index is -1.77. The molecule has 3 fully saturated rings. The van der Waals surface area contributed by atoms with E-state index in [-0.39, 0.29) is 6.61 Å². The summed E-state index contributed by atoms with van der Waals surface area (Å²) in [6, 6.07) is 0. The van der Waals surface area contributed by atoms with Gasteiger partial charge in [0.05, 0.1) is 19.8 Å². The van der Waals surface area contributed by atoms with Crippen LogP contribution in [0.5, 0.6) is 0 Å². The number of aliphatic hydroxyl groups excluding tert-OH is 10. The number of aliphatic hydroxyl groups is 10. The summed E-state index contributed by atoms with van der Waals surface area (Å²) >= 11 is 0. The zero-order chi connectivity index (χ0) is 28.1. The normalized spacial score (nSPS) is 48.2. The summed E-state index contributed by atoms with van der Waals surface area (Å²) in [7, 11) is 0. The molecule has 3 saturated heterocycles. The van der Waals surface area contributed by atoms with Gasteiger partial charge in [0.25, 0.3) is 0 Å². The molecule has 3 aliphatic heterocycles. The zero-order valence-corrected chi connectivity index (χ0v) is 20.8. The second-order valence-electron chi connectivity index (χ2n) is 9.62. The van der Waals surface area contributed by atoms with E-state index in [1.165, 1.54) is 0 Å². The second kappa shape index (κ2) is 14.3. The highest BCUT2D eigenvalue weighted by Gasteiger charge is 2.49. The minimum Gasteiger partial charge on any atom is -0.394 e. The van der Waals surface area contributed by atoms with Crippen LogP contribution < -0.4 is 0 Å². The van der Waals surface area contributed by atoms with E-state index in [0.29, 0.717) is 6.42 Å². The van der Waals surface area contributed by atoms with Gasteiger partial charge in [0.2, 0.25) is 0 Å². The van der Waals surface area contributed by atoms with Gasteiger partial charge >= 0.3 is 0 Å². The molecule has 16 nitrogen and oxygen atoms in total. The van der Waals surface area contributed by atoms with Crippen molar-refractivity contribution in [2.24, 2.45) is 0 Å². The summed E-state index contributed by atoms with van der Waals surface area (Å²) in [5.74, 6) is 0. The van der Waals surface area contributed by atoms with E-state index in [0.717, 1.165) is 6.42 Å². The quantitative estimate of drug-likeness (QED) is 0.106. The second-order valence-corrected chi connectivity index (χ2v) is 9.62. The first-order valence-corrected chi connectivity index (χ1v) is 12.6. The SMILES string of the molecule is CCCCO[C@H]1O[C@H](CO[C@H]2O[C@H](CO[C@H]3O[C@H](CO)[C@@H](O)[C@H](O)[C@H]3O)[C@@H](O)[C@H](O)[C@H]2O)[C@@H](O)[C@H](O)[C@H]1O. The van der Waals surface area contributed by atoms with Crippen LogP contribution in [0, 0.1) is 0 Å². The first-order valence-electron chi connectivity index (χ1n) is 12.6. The summed E-state index contributed by atoms with van der Waals surface area (Å²) < 4.78 is 32.5. The molecule has 3 rings (SSSR count). The van der Waals surface area contributed by atoms with Gasteiger partial charge in [0, 0.05) is 6.61 Å². The number of unbranched alkanes of at least 4 members (excludes halogenated alkanes) is 1. The molecule has 38 heavy (non-hydrogen) atoms. The lowest BCUT2D eigenvalue weighted by Crippen LogP contribution is -2.62. The maximum absolute atomic E-state index is 10.3. The Labute approximate surface area is 218 Å². The molecular formula is C22H40O16.